The van der Waals surface area contributed by atoms with Crippen molar-refractivity contribution in [2.75, 3.05) is 5.32 Å². The van der Waals surface area contributed by atoms with E-state index in [4.69, 9.17) is 11.6 Å². The quantitative estimate of drug-likeness (QED) is 0.609. The molecule has 1 N–H and O–H groups in total. The van der Waals surface area contributed by atoms with Crippen molar-refractivity contribution in [2.24, 2.45) is 0 Å². The first-order valence-corrected chi connectivity index (χ1v) is 6.21. The first kappa shape index (κ1) is 12.3. The summed E-state index contributed by atoms with van der Waals surface area (Å²) in [5.41, 5.74) is 0.775. The van der Waals surface area contributed by atoms with E-state index >= 15 is 0 Å². The summed E-state index contributed by atoms with van der Waals surface area (Å²) in [5, 5.41) is 2.22. The zero-order valence-corrected chi connectivity index (χ0v) is 11.9. The van der Waals surface area contributed by atoms with Crippen LogP contribution in [0, 0.1) is 3.57 Å². The number of anilines is 1. The summed E-state index contributed by atoms with van der Waals surface area (Å²) >= 11 is 11.1. The molecule has 14 heavy (non-hydrogen) atoms. The van der Waals surface area contributed by atoms with Crippen molar-refractivity contribution < 1.29 is 4.79 Å². The molecule has 0 heterocycles. The summed E-state index contributed by atoms with van der Waals surface area (Å²) in [6.45, 7) is 1.64. The van der Waals surface area contributed by atoms with Gasteiger partial charge in [-0.25, -0.2) is 0 Å². The molecule has 1 rings (SSSR count). The van der Waals surface area contributed by atoms with Crippen LogP contribution in [0.25, 0.3) is 0 Å². The zero-order chi connectivity index (χ0) is 10.7. The summed E-state index contributed by atoms with van der Waals surface area (Å²) in [6, 6.07) is 5.68. The van der Waals surface area contributed by atoms with Crippen molar-refractivity contribution in [3.8, 4) is 0 Å². The third kappa shape index (κ3) is 3.40. The Labute approximate surface area is 110 Å². The van der Waals surface area contributed by atoms with Crippen LogP contribution in [0.2, 0.25) is 0 Å². The van der Waals surface area contributed by atoms with Crippen LogP contribution in [-0.4, -0.2) is 11.3 Å². The van der Waals surface area contributed by atoms with E-state index in [1.165, 1.54) is 0 Å². The van der Waals surface area contributed by atoms with Gasteiger partial charge in [-0.05, 0) is 47.7 Å². The molecule has 0 spiro atoms. The SMILES string of the molecule is CC(Cl)C(=O)Nc1cc(Br)ccc1I. The number of halogens is 3. The van der Waals surface area contributed by atoms with Crippen LogP contribution in [0.1, 0.15) is 6.92 Å². The minimum atomic E-state index is -0.523. The van der Waals surface area contributed by atoms with Gasteiger partial charge in [-0.3, -0.25) is 4.79 Å². The highest BCUT2D eigenvalue weighted by molar-refractivity contribution is 14.1. The van der Waals surface area contributed by atoms with Crippen molar-refractivity contribution in [2.45, 2.75) is 12.3 Å². The number of hydrogen-bond donors (Lipinski definition) is 1. The molecule has 0 aliphatic rings. The lowest BCUT2D eigenvalue weighted by Crippen LogP contribution is -2.20. The number of carbonyl (C=O) groups is 1. The Bertz CT molecular complexity index is 357. The number of benzene rings is 1. The van der Waals surface area contributed by atoms with Gasteiger partial charge in [0.1, 0.15) is 5.38 Å². The summed E-state index contributed by atoms with van der Waals surface area (Å²) in [6.07, 6.45) is 0. The fourth-order valence-corrected chi connectivity index (χ4v) is 1.71. The van der Waals surface area contributed by atoms with Gasteiger partial charge in [0.25, 0.3) is 0 Å². The second kappa shape index (κ2) is 5.32. The smallest absolute Gasteiger partial charge is 0.242 e. The van der Waals surface area contributed by atoms with E-state index in [1.807, 2.05) is 18.2 Å². The van der Waals surface area contributed by atoms with Crippen LogP contribution in [0.15, 0.2) is 22.7 Å². The first-order valence-electron chi connectivity index (χ1n) is 3.90. The highest BCUT2D eigenvalue weighted by Crippen LogP contribution is 2.23. The van der Waals surface area contributed by atoms with Gasteiger partial charge in [-0.15, -0.1) is 11.6 Å². The van der Waals surface area contributed by atoms with Gasteiger partial charge in [-0.1, -0.05) is 15.9 Å². The van der Waals surface area contributed by atoms with E-state index in [1.54, 1.807) is 6.92 Å². The van der Waals surface area contributed by atoms with Crippen LogP contribution in [0.5, 0.6) is 0 Å². The van der Waals surface area contributed by atoms with E-state index in [-0.39, 0.29) is 5.91 Å². The van der Waals surface area contributed by atoms with Crippen LogP contribution in [-0.2, 0) is 4.79 Å². The van der Waals surface area contributed by atoms with Gasteiger partial charge in [0, 0.05) is 8.04 Å². The largest absolute Gasteiger partial charge is 0.324 e. The zero-order valence-electron chi connectivity index (χ0n) is 7.35. The number of rotatable bonds is 2. The molecule has 1 aromatic rings. The van der Waals surface area contributed by atoms with E-state index in [0.29, 0.717) is 0 Å². The van der Waals surface area contributed by atoms with Gasteiger partial charge in [0.05, 0.1) is 5.69 Å². The summed E-state index contributed by atoms with van der Waals surface area (Å²) in [4.78, 5) is 11.3. The van der Waals surface area contributed by atoms with Gasteiger partial charge in [0.15, 0.2) is 0 Å². The Morgan fingerprint density at radius 2 is 2.29 bits per heavy atom. The standard InChI is InChI=1S/C9H8BrClINO/c1-5(11)9(14)13-8-4-6(10)2-3-7(8)12/h2-5H,1H3,(H,13,14). The Morgan fingerprint density at radius 3 is 2.86 bits per heavy atom. The average Bonchev–Trinajstić information content (AvgIpc) is 2.11. The number of carbonyl (C=O) groups excluding carboxylic acids is 1. The van der Waals surface area contributed by atoms with E-state index in [0.717, 1.165) is 13.7 Å². The fourth-order valence-electron chi connectivity index (χ4n) is 0.825. The highest BCUT2D eigenvalue weighted by Gasteiger charge is 2.10. The van der Waals surface area contributed by atoms with Crippen molar-refractivity contribution in [3.05, 3.63) is 26.2 Å². The molecule has 0 bridgehead atoms. The minimum Gasteiger partial charge on any atom is -0.324 e. The van der Waals surface area contributed by atoms with Crippen LogP contribution < -0.4 is 5.32 Å². The molecule has 1 unspecified atom stereocenters. The molecule has 5 heteroatoms. The molecule has 2 nitrogen and oxygen atoms in total. The third-order valence-corrected chi connectivity index (χ3v) is 3.18. The molecule has 1 aromatic carbocycles. The topological polar surface area (TPSA) is 29.1 Å². The number of alkyl halides is 1. The Morgan fingerprint density at radius 1 is 1.64 bits per heavy atom. The lowest BCUT2D eigenvalue weighted by atomic mass is 10.3. The molecule has 0 aliphatic heterocycles. The molecule has 0 saturated heterocycles. The summed E-state index contributed by atoms with van der Waals surface area (Å²) < 4.78 is 1.91. The molecule has 0 radical (unpaired) electrons. The number of amides is 1. The second-order valence-electron chi connectivity index (χ2n) is 2.73. The summed E-state index contributed by atoms with van der Waals surface area (Å²) in [7, 11) is 0. The van der Waals surface area contributed by atoms with Gasteiger partial charge in [-0.2, -0.15) is 0 Å². The Hall–Kier alpha value is 0.190. The minimum absolute atomic E-state index is 0.192. The molecule has 76 valence electrons. The number of hydrogen-bond acceptors (Lipinski definition) is 1. The first-order chi connectivity index (χ1) is 6.50. The summed E-state index contributed by atoms with van der Waals surface area (Å²) in [5.74, 6) is -0.192. The Kier molecular flexibility index (Phi) is 4.66. The molecular formula is C9H8BrClINO. The van der Waals surface area contributed by atoms with E-state index in [2.05, 4.69) is 43.8 Å². The van der Waals surface area contributed by atoms with Crippen molar-refractivity contribution in [3.63, 3.8) is 0 Å². The van der Waals surface area contributed by atoms with E-state index in [9.17, 15) is 4.79 Å². The monoisotopic (exact) mass is 387 g/mol. The molecule has 1 atom stereocenters. The maximum absolute atomic E-state index is 11.3. The average molecular weight is 388 g/mol. The molecular weight excluding hydrogens is 380 g/mol. The van der Waals surface area contributed by atoms with Gasteiger partial charge >= 0.3 is 0 Å². The van der Waals surface area contributed by atoms with E-state index < -0.39 is 5.38 Å². The lowest BCUT2D eigenvalue weighted by Gasteiger charge is -2.08. The normalized spacial score (nSPS) is 12.3. The van der Waals surface area contributed by atoms with Crippen LogP contribution >= 0.6 is 50.1 Å². The van der Waals surface area contributed by atoms with Crippen molar-refractivity contribution >= 4 is 61.7 Å². The predicted octanol–water partition coefficient (Wildman–Crippen LogP) is 3.62. The highest BCUT2D eigenvalue weighted by atomic mass is 127. The third-order valence-electron chi connectivity index (χ3n) is 1.55. The molecule has 0 saturated carbocycles. The van der Waals surface area contributed by atoms with Crippen molar-refractivity contribution in [1.82, 2.24) is 0 Å². The lowest BCUT2D eigenvalue weighted by molar-refractivity contribution is -0.115. The molecule has 0 aliphatic carbocycles. The van der Waals surface area contributed by atoms with Crippen molar-refractivity contribution in [1.29, 1.82) is 0 Å². The predicted molar refractivity (Wildman–Crippen MR) is 70.8 cm³/mol. The second-order valence-corrected chi connectivity index (χ2v) is 5.46. The van der Waals surface area contributed by atoms with Gasteiger partial charge in [0.2, 0.25) is 5.91 Å². The van der Waals surface area contributed by atoms with Gasteiger partial charge < -0.3 is 5.32 Å². The van der Waals surface area contributed by atoms with Crippen LogP contribution in [0.3, 0.4) is 0 Å². The number of nitrogens with one attached hydrogen (secondary N) is 1. The maximum Gasteiger partial charge on any atom is 0.242 e. The fraction of sp³-hybridized carbons (Fsp3) is 0.222. The molecule has 1 amide bonds. The molecule has 0 aromatic heterocycles. The molecule has 0 fully saturated rings. The Balaban J connectivity index is 2.86. The van der Waals surface area contributed by atoms with Crippen LogP contribution in [0.4, 0.5) is 5.69 Å². The maximum atomic E-state index is 11.3.